The van der Waals surface area contributed by atoms with E-state index < -0.39 is 10.0 Å². The lowest BCUT2D eigenvalue weighted by Crippen LogP contribution is -2.43. The summed E-state index contributed by atoms with van der Waals surface area (Å²) in [5, 5.41) is 3.19. The molecule has 0 heterocycles. The molecule has 0 radical (unpaired) electrons. The van der Waals surface area contributed by atoms with Gasteiger partial charge in [-0.05, 0) is 38.3 Å². The normalized spacial score (nSPS) is 18.1. The van der Waals surface area contributed by atoms with E-state index in [-0.39, 0.29) is 5.54 Å². The maximum Gasteiger partial charge on any atom is 0.243 e. The second-order valence-corrected chi connectivity index (χ2v) is 7.45. The fourth-order valence-electron chi connectivity index (χ4n) is 2.74. The molecule has 20 heavy (non-hydrogen) atoms. The predicted octanol–water partition coefficient (Wildman–Crippen LogP) is 3.12. The van der Waals surface area contributed by atoms with E-state index in [0.717, 1.165) is 38.6 Å². The minimum atomic E-state index is -3.48. The van der Waals surface area contributed by atoms with E-state index in [1.807, 2.05) is 19.1 Å². The smallest absolute Gasteiger partial charge is 0.243 e. The Bertz CT molecular complexity index is 549. The van der Waals surface area contributed by atoms with Crippen LogP contribution in [0, 0.1) is 0 Å². The van der Waals surface area contributed by atoms with E-state index in [9.17, 15) is 8.42 Å². The van der Waals surface area contributed by atoms with Gasteiger partial charge in [-0.1, -0.05) is 31.9 Å². The van der Waals surface area contributed by atoms with E-state index in [4.69, 9.17) is 0 Å². The van der Waals surface area contributed by atoms with E-state index >= 15 is 0 Å². The summed E-state index contributed by atoms with van der Waals surface area (Å²) in [7, 11) is -3.48. The molecule has 0 amide bonds. The number of sulfonamides is 1. The Kier molecular flexibility index (Phi) is 4.70. The van der Waals surface area contributed by atoms with Crippen molar-refractivity contribution in [3.05, 3.63) is 24.3 Å². The van der Waals surface area contributed by atoms with Crippen LogP contribution in [0.5, 0.6) is 0 Å². The number of anilines is 1. The van der Waals surface area contributed by atoms with Crippen molar-refractivity contribution in [3.63, 3.8) is 0 Å². The van der Waals surface area contributed by atoms with Gasteiger partial charge in [0, 0.05) is 12.1 Å². The molecule has 0 bridgehead atoms. The summed E-state index contributed by atoms with van der Waals surface area (Å²) in [6.07, 6.45) is 4.97. The Morgan fingerprint density at radius 1 is 1.20 bits per heavy atom. The Morgan fingerprint density at radius 2 is 1.85 bits per heavy atom. The predicted molar refractivity (Wildman–Crippen MR) is 82.4 cm³/mol. The van der Waals surface area contributed by atoms with Crippen molar-refractivity contribution in [3.8, 4) is 0 Å². The van der Waals surface area contributed by atoms with Crippen molar-refractivity contribution in [1.82, 2.24) is 4.72 Å². The molecule has 0 atom stereocenters. The lowest BCUT2D eigenvalue weighted by Gasteiger charge is -2.25. The highest BCUT2D eigenvalue weighted by atomic mass is 32.2. The summed E-state index contributed by atoms with van der Waals surface area (Å²) in [5.41, 5.74) is 0.389. The Labute approximate surface area is 122 Å². The highest BCUT2D eigenvalue weighted by molar-refractivity contribution is 7.89. The fraction of sp³-hybridized carbons (Fsp3) is 0.600. The summed E-state index contributed by atoms with van der Waals surface area (Å²) in [5.74, 6) is 0. The molecular weight excluding hydrogens is 272 g/mol. The molecule has 0 aromatic heterocycles. The molecule has 2 N–H and O–H groups in total. The highest BCUT2D eigenvalue weighted by Crippen LogP contribution is 2.31. The van der Waals surface area contributed by atoms with Gasteiger partial charge in [0.25, 0.3) is 0 Å². The van der Waals surface area contributed by atoms with Crippen LogP contribution in [0.1, 0.15) is 46.0 Å². The monoisotopic (exact) mass is 296 g/mol. The average molecular weight is 296 g/mol. The number of hydrogen-bond acceptors (Lipinski definition) is 3. The molecule has 0 saturated heterocycles. The van der Waals surface area contributed by atoms with Gasteiger partial charge in [0.2, 0.25) is 10.0 Å². The van der Waals surface area contributed by atoms with Crippen LogP contribution in [0.15, 0.2) is 29.2 Å². The van der Waals surface area contributed by atoms with Crippen molar-refractivity contribution >= 4 is 15.7 Å². The molecule has 1 fully saturated rings. The van der Waals surface area contributed by atoms with Crippen molar-refractivity contribution in [2.45, 2.75) is 56.4 Å². The zero-order valence-corrected chi connectivity index (χ0v) is 13.1. The third-order valence-electron chi connectivity index (χ3n) is 3.83. The number of para-hydroxylation sites is 1. The molecule has 5 heteroatoms. The topological polar surface area (TPSA) is 58.2 Å². The first-order valence-corrected chi connectivity index (χ1v) is 8.82. The maximum absolute atomic E-state index is 12.6. The largest absolute Gasteiger partial charge is 0.384 e. The van der Waals surface area contributed by atoms with Crippen LogP contribution in [0.2, 0.25) is 0 Å². The Hall–Kier alpha value is -1.07. The number of nitrogens with one attached hydrogen (secondary N) is 2. The second kappa shape index (κ2) is 6.14. The van der Waals surface area contributed by atoms with Crippen LogP contribution < -0.4 is 10.0 Å². The summed E-state index contributed by atoms with van der Waals surface area (Å²) < 4.78 is 28.1. The SMILES string of the molecule is CCCNc1ccccc1S(=O)(=O)NC1(C)CCCC1. The first-order chi connectivity index (χ1) is 9.47. The van der Waals surface area contributed by atoms with Gasteiger partial charge in [-0.15, -0.1) is 0 Å². The first kappa shape index (κ1) is 15.3. The van der Waals surface area contributed by atoms with Gasteiger partial charge in [0.15, 0.2) is 0 Å². The average Bonchev–Trinajstić information content (AvgIpc) is 2.82. The van der Waals surface area contributed by atoms with Crippen molar-refractivity contribution in [1.29, 1.82) is 0 Å². The minimum Gasteiger partial charge on any atom is -0.384 e. The van der Waals surface area contributed by atoms with Crippen LogP contribution in [-0.4, -0.2) is 20.5 Å². The molecule has 112 valence electrons. The van der Waals surface area contributed by atoms with Gasteiger partial charge in [-0.25, -0.2) is 13.1 Å². The highest BCUT2D eigenvalue weighted by Gasteiger charge is 2.34. The van der Waals surface area contributed by atoms with Gasteiger partial charge in [0.1, 0.15) is 4.90 Å². The van der Waals surface area contributed by atoms with Crippen molar-refractivity contribution in [2.24, 2.45) is 0 Å². The summed E-state index contributed by atoms with van der Waals surface area (Å²) in [4.78, 5) is 0.349. The molecule has 1 aromatic rings. The molecule has 0 unspecified atom stereocenters. The molecule has 2 rings (SSSR count). The number of hydrogen-bond donors (Lipinski definition) is 2. The van der Waals surface area contributed by atoms with Crippen LogP contribution in [-0.2, 0) is 10.0 Å². The van der Waals surface area contributed by atoms with Crippen LogP contribution >= 0.6 is 0 Å². The van der Waals surface area contributed by atoms with Crippen molar-refractivity contribution in [2.75, 3.05) is 11.9 Å². The number of benzene rings is 1. The van der Waals surface area contributed by atoms with Crippen molar-refractivity contribution < 1.29 is 8.42 Å². The molecule has 1 saturated carbocycles. The van der Waals surface area contributed by atoms with Gasteiger partial charge in [-0.3, -0.25) is 0 Å². The Morgan fingerprint density at radius 3 is 2.50 bits per heavy atom. The Balaban J connectivity index is 2.24. The number of rotatable bonds is 6. The zero-order chi connectivity index (χ0) is 14.6. The first-order valence-electron chi connectivity index (χ1n) is 7.34. The van der Waals surface area contributed by atoms with E-state index in [1.54, 1.807) is 12.1 Å². The van der Waals surface area contributed by atoms with E-state index in [0.29, 0.717) is 10.6 Å². The zero-order valence-electron chi connectivity index (χ0n) is 12.3. The summed E-state index contributed by atoms with van der Waals surface area (Å²) in [6.45, 7) is 4.82. The second-order valence-electron chi connectivity index (χ2n) is 5.80. The van der Waals surface area contributed by atoms with E-state index in [2.05, 4.69) is 17.0 Å². The molecule has 1 aliphatic rings. The summed E-state index contributed by atoms with van der Waals surface area (Å²) >= 11 is 0. The molecule has 0 spiro atoms. The molecule has 1 aliphatic carbocycles. The van der Waals surface area contributed by atoms with Crippen LogP contribution in [0.4, 0.5) is 5.69 Å². The van der Waals surface area contributed by atoms with E-state index in [1.165, 1.54) is 0 Å². The van der Waals surface area contributed by atoms with Gasteiger partial charge in [-0.2, -0.15) is 0 Å². The van der Waals surface area contributed by atoms with Gasteiger partial charge in [0.05, 0.1) is 5.69 Å². The molecular formula is C15H24N2O2S. The molecule has 0 aliphatic heterocycles. The standard InChI is InChI=1S/C15H24N2O2S/c1-3-12-16-13-8-4-5-9-14(13)20(18,19)17-15(2)10-6-7-11-15/h4-5,8-9,16-17H,3,6-7,10-12H2,1-2H3. The van der Waals surface area contributed by atoms with Crippen LogP contribution in [0.3, 0.4) is 0 Å². The van der Waals surface area contributed by atoms with Crippen LogP contribution in [0.25, 0.3) is 0 Å². The minimum absolute atomic E-state index is 0.295. The molecule has 1 aromatic carbocycles. The molecule has 4 nitrogen and oxygen atoms in total. The third-order valence-corrected chi connectivity index (χ3v) is 5.53. The lowest BCUT2D eigenvalue weighted by atomic mass is 10.0. The van der Waals surface area contributed by atoms with Gasteiger partial charge < -0.3 is 5.32 Å². The lowest BCUT2D eigenvalue weighted by molar-refractivity contribution is 0.427. The van der Waals surface area contributed by atoms with Gasteiger partial charge >= 0.3 is 0 Å². The third kappa shape index (κ3) is 3.52. The maximum atomic E-state index is 12.6. The fourth-order valence-corrected chi connectivity index (χ4v) is 4.39. The quantitative estimate of drug-likeness (QED) is 0.848. The summed E-state index contributed by atoms with van der Waals surface area (Å²) in [6, 6.07) is 7.11.